The SMILES string of the molecule is N#Cc1c(N)nc2c(c1-c1ccc(Cl)s1)CC(N)CC2. The quantitative estimate of drug-likeness (QED) is 0.847. The lowest BCUT2D eigenvalue weighted by atomic mass is 9.87. The lowest BCUT2D eigenvalue weighted by Crippen LogP contribution is -2.29. The van der Waals surface area contributed by atoms with Crippen molar-refractivity contribution in [2.24, 2.45) is 5.73 Å². The zero-order valence-electron chi connectivity index (χ0n) is 10.7. The van der Waals surface area contributed by atoms with E-state index >= 15 is 0 Å². The van der Waals surface area contributed by atoms with Crippen LogP contribution in [-0.4, -0.2) is 11.0 Å². The number of fused-ring (bicyclic) bond motifs is 1. The molecule has 0 bridgehead atoms. The maximum absolute atomic E-state index is 9.41. The molecule has 2 heterocycles. The summed E-state index contributed by atoms with van der Waals surface area (Å²) in [6.45, 7) is 0. The molecule has 4 N–H and O–H groups in total. The van der Waals surface area contributed by atoms with Gasteiger partial charge in [-0.25, -0.2) is 4.98 Å². The number of hydrogen-bond acceptors (Lipinski definition) is 5. The molecule has 0 aromatic carbocycles. The monoisotopic (exact) mass is 304 g/mol. The molecular weight excluding hydrogens is 292 g/mol. The van der Waals surface area contributed by atoms with Gasteiger partial charge in [0.1, 0.15) is 17.5 Å². The Bertz CT molecular complexity index is 717. The normalized spacial score (nSPS) is 17.6. The van der Waals surface area contributed by atoms with E-state index in [0.29, 0.717) is 15.7 Å². The zero-order chi connectivity index (χ0) is 14.3. The summed E-state index contributed by atoms with van der Waals surface area (Å²) in [5.74, 6) is 0.293. The van der Waals surface area contributed by atoms with Gasteiger partial charge in [-0.15, -0.1) is 11.3 Å². The predicted octanol–water partition coefficient (Wildman–Crippen LogP) is 2.73. The van der Waals surface area contributed by atoms with Crippen molar-refractivity contribution in [1.29, 1.82) is 5.26 Å². The summed E-state index contributed by atoms with van der Waals surface area (Å²) in [5, 5.41) is 9.41. The summed E-state index contributed by atoms with van der Waals surface area (Å²) < 4.78 is 0.688. The lowest BCUT2D eigenvalue weighted by Gasteiger charge is -2.24. The number of anilines is 1. The predicted molar refractivity (Wildman–Crippen MR) is 81.7 cm³/mol. The Kier molecular flexibility index (Phi) is 3.38. The van der Waals surface area contributed by atoms with Crippen LogP contribution in [0.1, 0.15) is 23.2 Å². The lowest BCUT2D eigenvalue weighted by molar-refractivity contribution is 0.568. The molecule has 0 saturated carbocycles. The van der Waals surface area contributed by atoms with Crippen molar-refractivity contribution in [2.45, 2.75) is 25.3 Å². The molecule has 102 valence electrons. The van der Waals surface area contributed by atoms with Crippen LogP contribution in [0, 0.1) is 11.3 Å². The summed E-state index contributed by atoms with van der Waals surface area (Å²) in [6, 6.07) is 6.02. The first kappa shape index (κ1) is 13.4. The minimum Gasteiger partial charge on any atom is -0.383 e. The summed E-state index contributed by atoms with van der Waals surface area (Å²) in [6.07, 6.45) is 2.43. The first-order valence-corrected chi connectivity index (χ1v) is 7.52. The molecule has 20 heavy (non-hydrogen) atoms. The first-order chi connectivity index (χ1) is 9.60. The van der Waals surface area contributed by atoms with Crippen molar-refractivity contribution >= 4 is 28.8 Å². The first-order valence-electron chi connectivity index (χ1n) is 6.32. The third-order valence-corrected chi connectivity index (χ3v) is 4.81. The molecule has 1 atom stereocenters. The third-order valence-electron chi connectivity index (χ3n) is 3.56. The number of rotatable bonds is 1. The number of nitrogens with two attached hydrogens (primary N) is 2. The van der Waals surface area contributed by atoms with Crippen molar-refractivity contribution in [2.75, 3.05) is 5.73 Å². The molecule has 3 rings (SSSR count). The summed E-state index contributed by atoms with van der Waals surface area (Å²) in [4.78, 5) is 5.33. The summed E-state index contributed by atoms with van der Waals surface area (Å²) in [5.41, 5.74) is 15.3. The third kappa shape index (κ3) is 2.16. The number of nitrogen functional groups attached to an aromatic ring is 1. The van der Waals surface area contributed by atoms with Gasteiger partial charge in [-0.3, -0.25) is 0 Å². The van der Waals surface area contributed by atoms with Gasteiger partial charge in [0.25, 0.3) is 0 Å². The Morgan fingerprint density at radius 1 is 1.45 bits per heavy atom. The van der Waals surface area contributed by atoms with E-state index in [4.69, 9.17) is 23.1 Å². The summed E-state index contributed by atoms with van der Waals surface area (Å²) >= 11 is 7.46. The highest BCUT2D eigenvalue weighted by molar-refractivity contribution is 7.19. The van der Waals surface area contributed by atoms with Crippen LogP contribution < -0.4 is 11.5 Å². The van der Waals surface area contributed by atoms with E-state index in [1.54, 1.807) is 0 Å². The highest BCUT2D eigenvalue weighted by Gasteiger charge is 2.25. The Labute approximate surface area is 126 Å². The van der Waals surface area contributed by atoms with E-state index in [2.05, 4.69) is 11.1 Å². The highest BCUT2D eigenvalue weighted by Crippen LogP contribution is 2.39. The van der Waals surface area contributed by atoms with E-state index in [-0.39, 0.29) is 6.04 Å². The van der Waals surface area contributed by atoms with Crippen LogP contribution in [0.4, 0.5) is 5.82 Å². The molecule has 1 unspecified atom stereocenters. The highest BCUT2D eigenvalue weighted by atomic mass is 35.5. The number of hydrogen-bond donors (Lipinski definition) is 2. The van der Waals surface area contributed by atoms with Gasteiger partial charge in [-0.1, -0.05) is 11.6 Å². The average Bonchev–Trinajstić information content (AvgIpc) is 2.84. The fraction of sp³-hybridized carbons (Fsp3) is 0.286. The Hall–Kier alpha value is -1.61. The summed E-state index contributed by atoms with van der Waals surface area (Å²) in [7, 11) is 0. The molecule has 2 aromatic rings. The van der Waals surface area contributed by atoms with Gasteiger partial charge in [-0.2, -0.15) is 5.26 Å². The minimum absolute atomic E-state index is 0.105. The van der Waals surface area contributed by atoms with E-state index < -0.39 is 0 Å². The smallest absolute Gasteiger partial charge is 0.142 e. The number of aromatic nitrogens is 1. The Morgan fingerprint density at radius 2 is 2.25 bits per heavy atom. The van der Waals surface area contributed by atoms with Crippen LogP contribution in [0.15, 0.2) is 12.1 Å². The van der Waals surface area contributed by atoms with Gasteiger partial charge in [0.2, 0.25) is 0 Å². The maximum Gasteiger partial charge on any atom is 0.142 e. The van der Waals surface area contributed by atoms with Crippen LogP contribution >= 0.6 is 22.9 Å². The average molecular weight is 305 g/mol. The van der Waals surface area contributed by atoms with Crippen molar-refractivity contribution in [3.05, 3.63) is 33.3 Å². The van der Waals surface area contributed by atoms with Crippen molar-refractivity contribution in [3.8, 4) is 16.5 Å². The molecule has 6 heteroatoms. The Balaban J connectivity index is 2.30. The molecule has 0 radical (unpaired) electrons. The molecule has 0 fully saturated rings. The van der Waals surface area contributed by atoms with Crippen molar-refractivity contribution in [3.63, 3.8) is 0 Å². The Morgan fingerprint density at radius 3 is 2.90 bits per heavy atom. The fourth-order valence-electron chi connectivity index (χ4n) is 2.64. The van der Waals surface area contributed by atoms with Gasteiger partial charge in [-0.05, 0) is 37.0 Å². The van der Waals surface area contributed by atoms with Gasteiger partial charge < -0.3 is 11.5 Å². The standard InChI is InChI=1S/C14H13ClN4S/c15-12-4-3-11(20-12)13-8-5-7(17)1-2-10(8)19-14(18)9(13)6-16/h3-4,7H,1-2,5,17H2,(H2,18,19). The second-order valence-corrected chi connectivity index (χ2v) is 6.61. The molecule has 0 amide bonds. The van der Waals surface area contributed by atoms with Crippen molar-refractivity contribution in [1.82, 2.24) is 4.98 Å². The zero-order valence-corrected chi connectivity index (χ0v) is 12.3. The van der Waals surface area contributed by atoms with Crippen LogP contribution in [0.25, 0.3) is 10.4 Å². The molecule has 0 saturated heterocycles. The molecule has 1 aliphatic rings. The number of pyridine rings is 1. The van der Waals surface area contributed by atoms with Crippen LogP contribution in [0.2, 0.25) is 4.34 Å². The van der Waals surface area contributed by atoms with Crippen molar-refractivity contribution < 1.29 is 0 Å². The minimum atomic E-state index is 0.105. The molecular formula is C14H13ClN4S. The van der Waals surface area contributed by atoms with Gasteiger partial charge in [0, 0.05) is 22.2 Å². The topological polar surface area (TPSA) is 88.7 Å². The van der Waals surface area contributed by atoms with Crippen LogP contribution in [-0.2, 0) is 12.8 Å². The van der Waals surface area contributed by atoms with Gasteiger partial charge in [0.05, 0.1) is 4.34 Å². The molecule has 0 aliphatic heterocycles. The van der Waals surface area contributed by atoms with E-state index in [9.17, 15) is 5.26 Å². The van der Waals surface area contributed by atoms with Crippen LogP contribution in [0.3, 0.4) is 0 Å². The number of halogens is 1. The largest absolute Gasteiger partial charge is 0.383 e. The molecule has 0 spiro atoms. The molecule has 4 nitrogen and oxygen atoms in total. The molecule has 2 aromatic heterocycles. The number of thiophene rings is 1. The van der Waals surface area contributed by atoms with Gasteiger partial charge in [0.15, 0.2) is 0 Å². The van der Waals surface area contributed by atoms with E-state index in [1.807, 2.05) is 12.1 Å². The second-order valence-electron chi connectivity index (χ2n) is 4.89. The number of nitrogens with zero attached hydrogens (tertiary/aromatic N) is 2. The molecule has 1 aliphatic carbocycles. The second kappa shape index (κ2) is 5.06. The number of nitriles is 1. The maximum atomic E-state index is 9.41. The number of aryl methyl sites for hydroxylation is 1. The fourth-order valence-corrected chi connectivity index (χ4v) is 3.76. The van der Waals surface area contributed by atoms with E-state index in [1.165, 1.54) is 11.3 Å². The van der Waals surface area contributed by atoms with E-state index in [0.717, 1.165) is 41.0 Å². The van der Waals surface area contributed by atoms with Crippen LogP contribution in [0.5, 0.6) is 0 Å². The van der Waals surface area contributed by atoms with Gasteiger partial charge >= 0.3 is 0 Å².